The Kier molecular flexibility index (Phi) is 8.10. The average Bonchev–Trinajstić information content (AvgIpc) is 2.89. The molecule has 1 aliphatic heterocycles. The highest BCUT2D eigenvalue weighted by atomic mass is 127. The summed E-state index contributed by atoms with van der Waals surface area (Å²) in [7, 11) is 1.66. The third-order valence-corrected chi connectivity index (χ3v) is 3.54. The Morgan fingerprint density at radius 1 is 1.30 bits per heavy atom. The maximum absolute atomic E-state index is 12.4. The van der Waals surface area contributed by atoms with Gasteiger partial charge in [0.25, 0.3) is 0 Å². The molecule has 1 unspecified atom stereocenters. The van der Waals surface area contributed by atoms with E-state index in [0.717, 1.165) is 5.56 Å². The molecule has 130 valence electrons. The molecule has 1 saturated heterocycles. The lowest BCUT2D eigenvalue weighted by Crippen LogP contribution is -2.44. The zero-order chi connectivity index (χ0) is 16.0. The number of alkyl halides is 3. The molecule has 0 saturated carbocycles. The van der Waals surface area contributed by atoms with Crippen molar-refractivity contribution in [2.24, 2.45) is 4.99 Å². The van der Waals surface area contributed by atoms with Gasteiger partial charge in [0.05, 0.1) is 6.54 Å². The molecule has 0 aliphatic carbocycles. The highest BCUT2D eigenvalue weighted by Crippen LogP contribution is 2.19. The first kappa shape index (κ1) is 20.0. The van der Waals surface area contributed by atoms with Crippen molar-refractivity contribution >= 4 is 29.9 Å². The number of guanidine groups is 1. The van der Waals surface area contributed by atoms with Crippen LogP contribution in [0.2, 0.25) is 0 Å². The van der Waals surface area contributed by atoms with Crippen LogP contribution in [0.1, 0.15) is 12.0 Å². The van der Waals surface area contributed by atoms with Gasteiger partial charge in [-0.1, -0.05) is 30.3 Å². The maximum Gasteiger partial charge on any atom is 0.401 e. The molecule has 1 aromatic carbocycles. The quantitative estimate of drug-likeness (QED) is 0.428. The summed E-state index contributed by atoms with van der Waals surface area (Å²) in [6.45, 7) is 0.610. The van der Waals surface area contributed by atoms with Crippen LogP contribution in [0.4, 0.5) is 13.2 Å². The summed E-state index contributed by atoms with van der Waals surface area (Å²) in [4.78, 5) is 5.54. The second kappa shape index (κ2) is 9.31. The summed E-state index contributed by atoms with van der Waals surface area (Å²) in [6.07, 6.45) is -3.45. The van der Waals surface area contributed by atoms with Crippen LogP contribution in [0.3, 0.4) is 0 Å². The van der Waals surface area contributed by atoms with Gasteiger partial charge in [-0.05, 0) is 12.0 Å². The van der Waals surface area contributed by atoms with Crippen LogP contribution in [-0.4, -0.2) is 49.8 Å². The van der Waals surface area contributed by atoms with Gasteiger partial charge < -0.3 is 10.6 Å². The molecule has 2 rings (SSSR count). The Morgan fingerprint density at radius 2 is 2.00 bits per heavy atom. The Hall–Kier alpha value is -1.03. The van der Waals surface area contributed by atoms with Crippen molar-refractivity contribution < 1.29 is 13.2 Å². The minimum Gasteiger partial charge on any atom is -0.352 e. The van der Waals surface area contributed by atoms with Gasteiger partial charge in [-0.15, -0.1) is 24.0 Å². The number of rotatable bonds is 4. The number of likely N-dealkylation sites (tertiary alicyclic amines) is 1. The van der Waals surface area contributed by atoms with Crippen molar-refractivity contribution in [1.29, 1.82) is 0 Å². The van der Waals surface area contributed by atoms with Gasteiger partial charge >= 0.3 is 6.18 Å². The third-order valence-electron chi connectivity index (χ3n) is 3.54. The molecule has 0 bridgehead atoms. The predicted molar refractivity (Wildman–Crippen MR) is 96.1 cm³/mol. The molecule has 0 amide bonds. The van der Waals surface area contributed by atoms with Crippen LogP contribution >= 0.6 is 24.0 Å². The molecule has 1 aliphatic rings. The molecule has 0 aromatic heterocycles. The lowest BCUT2D eigenvalue weighted by Gasteiger charge is -2.19. The number of hydrogen-bond donors (Lipinski definition) is 2. The van der Waals surface area contributed by atoms with Gasteiger partial charge in [0.15, 0.2) is 5.96 Å². The van der Waals surface area contributed by atoms with Gasteiger partial charge in [0.1, 0.15) is 0 Å². The second-order valence-corrected chi connectivity index (χ2v) is 5.39. The summed E-state index contributed by atoms with van der Waals surface area (Å²) in [5.41, 5.74) is 1.12. The number of hydrogen-bond acceptors (Lipinski definition) is 2. The van der Waals surface area contributed by atoms with Gasteiger partial charge in [0.2, 0.25) is 0 Å². The summed E-state index contributed by atoms with van der Waals surface area (Å²) < 4.78 is 37.1. The Morgan fingerprint density at radius 3 is 2.61 bits per heavy atom. The Balaban J connectivity index is 0.00000264. The topological polar surface area (TPSA) is 39.7 Å². The van der Waals surface area contributed by atoms with Crippen LogP contribution in [0, 0.1) is 0 Å². The van der Waals surface area contributed by atoms with E-state index in [-0.39, 0.29) is 30.0 Å². The molecule has 4 nitrogen and oxygen atoms in total. The van der Waals surface area contributed by atoms with Gasteiger partial charge in [-0.3, -0.25) is 9.89 Å². The van der Waals surface area contributed by atoms with Crippen molar-refractivity contribution in [3.05, 3.63) is 35.9 Å². The second-order valence-electron chi connectivity index (χ2n) is 5.39. The molecule has 1 fully saturated rings. The molecular weight excluding hydrogens is 420 g/mol. The molecule has 0 radical (unpaired) electrons. The largest absolute Gasteiger partial charge is 0.401 e. The number of nitrogens with one attached hydrogen (secondary N) is 2. The predicted octanol–water partition coefficient (Wildman–Crippen LogP) is 2.61. The van der Waals surface area contributed by atoms with E-state index < -0.39 is 12.7 Å². The zero-order valence-electron chi connectivity index (χ0n) is 12.9. The van der Waals surface area contributed by atoms with E-state index in [4.69, 9.17) is 0 Å². The van der Waals surface area contributed by atoms with Crippen molar-refractivity contribution in [3.8, 4) is 0 Å². The smallest absolute Gasteiger partial charge is 0.352 e. The Labute approximate surface area is 151 Å². The van der Waals surface area contributed by atoms with Crippen molar-refractivity contribution in [2.45, 2.75) is 25.2 Å². The molecule has 23 heavy (non-hydrogen) atoms. The number of halogens is 4. The number of nitrogens with zero attached hydrogens (tertiary/aromatic N) is 2. The van der Waals surface area contributed by atoms with Crippen molar-refractivity contribution in [2.75, 3.05) is 26.7 Å². The van der Waals surface area contributed by atoms with E-state index in [0.29, 0.717) is 32.0 Å². The first-order valence-corrected chi connectivity index (χ1v) is 7.26. The summed E-state index contributed by atoms with van der Waals surface area (Å²) in [5, 5.41) is 6.36. The zero-order valence-corrected chi connectivity index (χ0v) is 15.3. The standard InChI is InChI=1S/C15H21F3N4.HI/c1-19-14(20-9-12-5-3-2-4-6-12)21-13-7-8-22(10-13)11-15(16,17)18;/h2-6,13H,7-11H2,1H3,(H2,19,20,21);1H. The Bertz CT molecular complexity index is 493. The minimum absolute atomic E-state index is 0. The maximum atomic E-state index is 12.4. The SMILES string of the molecule is CN=C(NCc1ccccc1)NC1CCN(CC(F)(F)F)C1.I. The monoisotopic (exact) mass is 442 g/mol. The van der Waals surface area contributed by atoms with E-state index in [1.807, 2.05) is 30.3 Å². The number of benzene rings is 1. The van der Waals surface area contributed by atoms with E-state index in [9.17, 15) is 13.2 Å². The molecule has 8 heteroatoms. The summed E-state index contributed by atoms with van der Waals surface area (Å²) in [6, 6.07) is 9.86. The molecule has 2 N–H and O–H groups in total. The number of aliphatic imine (C=N–C) groups is 1. The summed E-state index contributed by atoms with van der Waals surface area (Å²) in [5.74, 6) is 0.614. The highest BCUT2D eigenvalue weighted by molar-refractivity contribution is 14.0. The van der Waals surface area contributed by atoms with Crippen molar-refractivity contribution in [3.63, 3.8) is 0 Å². The third kappa shape index (κ3) is 7.38. The van der Waals surface area contributed by atoms with Crippen LogP contribution in [0.25, 0.3) is 0 Å². The molecule has 1 aromatic rings. The van der Waals surface area contributed by atoms with Gasteiger partial charge in [-0.2, -0.15) is 13.2 Å². The van der Waals surface area contributed by atoms with E-state index in [1.165, 1.54) is 4.90 Å². The fourth-order valence-electron chi connectivity index (χ4n) is 2.52. The van der Waals surface area contributed by atoms with E-state index in [1.54, 1.807) is 7.05 Å². The highest BCUT2D eigenvalue weighted by Gasteiger charge is 2.34. The van der Waals surface area contributed by atoms with Crippen LogP contribution in [0.5, 0.6) is 0 Å². The normalized spacial score (nSPS) is 19.3. The van der Waals surface area contributed by atoms with E-state index in [2.05, 4.69) is 15.6 Å². The lowest BCUT2D eigenvalue weighted by atomic mass is 10.2. The molecule has 1 atom stereocenters. The van der Waals surface area contributed by atoms with Gasteiger partial charge in [-0.25, -0.2) is 0 Å². The fourth-order valence-corrected chi connectivity index (χ4v) is 2.52. The fraction of sp³-hybridized carbons (Fsp3) is 0.533. The molecular formula is C15H22F3IN4. The molecule has 1 heterocycles. The first-order valence-electron chi connectivity index (χ1n) is 7.26. The van der Waals surface area contributed by atoms with Gasteiger partial charge in [0, 0.05) is 32.7 Å². The summed E-state index contributed by atoms with van der Waals surface area (Å²) >= 11 is 0. The average molecular weight is 442 g/mol. The van der Waals surface area contributed by atoms with Crippen LogP contribution in [-0.2, 0) is 6.54 Å². The van der Waals surface area contributed by atoms with Crippen molar-refractivity contribution in [1.82, 2.24) is 15.5 Å². The van der Waals surface area contributed by atoms with E-state index >= 15 is 0 Å². The lowest BCUT2D eigenvalue weighted by molar-refractivity contribution is -0.143. The van der Waals surface area contributed by atoms with Crippen LogP contribution in [0.15, 0.2) is 35.3 Å². The first-order chi connectivity index (χ1) is 10.5. The van der Waals surface area contributed by atoms with Crippen LogP contribution < -0.4 is 10.6 Å². The molecule has 0 spiro atoms. The minimum atomic E-state index is -4.14.